The van der Waals surface area contributed by atoms with Gasteiger partial charge in [-0.05, 0) is 76.0 Å². The normalized spacial score (nSPS) is 15.8. The van der Waals surface area contributed by atoms with Crippen LogP contribution >= 0.6 is 0 Å². The van der Waals surface area contributed by atoms with Crippen LogP contribution in [0.2, 0.25) is 0 Å². The third kappa shape index (κ3) is 34.0. The van der Waals surface area contributed by atoms with Gasteiger partial charge in [-0.3, -0.25) is 72.5 Å². The largest absolute Gasteiger partial charge is 0.484 e. The highest BCUT2D eigenvalue weighted by Crippen LogP contribution is 2.23. The number of hydrogen-bond donors (Lipinski definition) is 10. The lowest BCUT2D eigenvalue weighted by Gasteiger charge is -2.32. The van der Waals surface area contributed by atoms with Crippen LogP contribution in [-0.4, -0.2) is 291 Å². The Kier molecular flexibility index (Phi) is 39.2. The van der Waals surface area contributed by atoms with Crippen LogP contribution in [0.5, 0.6) is 5.75 Å². The van der Waals surface area contributed by atoms with Gasteiger partial charge in [0.1, 0.15) is 23.9 Å². The van der Waals surface area contributed by atoms with Crippen molar-refractivity contribution in [3.8, 4) is 11.8 Å². The third-order valence-electron chi connectivity index (χ3n) is 15.9. The number of rotatable bonds is 46. The maximum Gasteiger partial charge on any atom is 0.326 e. The van der Waals surface area contributed by atoms with E-state index in [0.29, 0.717) is 73.8 Å². The summed E-state index contributed by atoms with van der Waals surface area (Å²) in [6.07, 6.45) is 9.76. The van der Waals surface area contributed by atoms with Crippen LogP contribution in [-0.2, 0) is 62.2 Å². The number of nitrogens with zero attached hydrogens (tertiary/aromatic N) is 7. The molecule has 0 unspecified atom stereocenters. The first-order chi connectivity index (χ1) is 46.2. The van der Waals surface area contributed by atoms with Gasteiger partial charge in [0.15, 0.2) is 6.61 Å². The number of likely N-dealkylation sites (tertiary alicyclic amines) is 1. The first kappa shape index (κ1) is 80.2. The molecule has 3 atom stereocenters. The molecule has 2 aliphatic heterocycles. The molecule has 0 aliphatic carbocycles. The molecule has 10 N–H and O–H groups in total. The Bertz CT molecular complexity index is 2820. The summed E-state index contributed by atoms with van der Waals surface area (Å²) in [5.74, 6) is -7.08. The van der Waals surface area contributed by atoms with Gasteiger partial charge in [-0.2, -0.15) is 5.26 Å². The van der Waals surface area contributed by atoms with Crippen LogP contribution in [0.25, 0.3) is 10.9 Å². The number of hydrogen-bond acceptors (Lipinski definition) is 21. The number of pyridine rings is 1. The van der Waals surface area contributed by atoms with Gasteiger partial charge in [-0.15, -0.1) is 0 Å². The highest BCUT2D eigenvalue weighted by Gasteiger charge is 2.30. The van der Waals surface area contributed by atoms with Crippen molar-refractivity contribution in [3.63, 3.8) is 0 Å². The molecule has 96 heavy (non-hydrogen) atoms. The van der Waals surface area contributed by atoms with E-state index in [1.165, 1.54) is 17.2 Å². The monoisotopic (exact) mass is 1350 g/mol. The highest BCUT2D eigenvalue weighted by atomic mass is 16.5. The van der Waals surface area contributed by atoms with Gasteiger partial charge < -0.3 is 76.2 Å². The zero-order chi connectivity index (χ0) is 69.9. The van der Waals surface area contributed by atoms with Gasteiger partial charge >= 0.3 is 23.9 Å². The van der Waals surface area contributed by atoms with E-state index in [1.54, 1.807) is 37.8 Å². The smallest absolute Gasteiger partial charge is 0.326 e. The van der Waals surface area contributed by atoms with E-state index in [-0.39, 0.29) is 181 Å². The molecule has 3 heterocycles. The predicted molar refractivity (Wildman–Crippen MR) is 347 cm³/mol. The summed E-state index contributed by atoms with van der Waals surface area (Å²) < 4.78 is 22.3. The Morgan fingerprint density at radius 2 is 1.12 bits per heavy atom. The van der Waals surface area contributed by atoms with E-state index in [4.69, 9.17) is 18.9 Å². The number of nitrogens with one attached hydrogen (secondary N) is 6. The van der Waals surface area contributed by atoms with Crippen molar-refractivity contribution >= 4 is 76.1 Å². The first-order valence-corrected chi connectivity index (χ1v) is 33.1. The van der Waals surface area contributed by atoms with E-state index in [0.717, 1.165) is 38.5 Å². The lowest BCUT2D eigenvalue weighted by atomic mass is 10.1. The zero-order valence-corrected chi connectivity index (χ0v) is 55.2. The topological polar surface area (TPSA) is 431 Å². The fourth-order valence-electron chi connectivity index (χ4n) is 10.6. The Balaban J connectivity index is 1.17. The molecule has 0 saturated carbocycles. The molecular formula is C64H99N13O19. The van der Waals surface area contributed by atoms with Crippen molar-refractivity contribution in [2.24, 2.45) is 0 Å². The molecule has 4 rings (SSSR count). The Labute approximate surface area is 559 Å². The molecule has 1 aromatic carbocycles. The van der Waals surface area contributed by atoms with E-state index >= 15 is 0 Å². The summed E-state index contributed by atoms with van der Waals surface area (Å²) >= 11 is 0. The van der Waals surface area contributed by atoms with Gasteiger partial charge in [0.2, 0.25) is 29.5 Å². The summed E-state index contributed by atoms with van der Waals surface area (Å²) in [5.41, 5.74) is 0.729. The second-order valence-corrected chi connectivity index (χ2v) is 23.5. The second-order valence-electron chi connectivity index (χ2n) is 23.5. The second kappa shape index (κ2) is 46.8. The Hall–Kier alpha value is -8.19. The predicted octanol–water partition coefficient (Wildman–Crippen LogP) is -0.123. The lowest BCUT2D eigenvalue weighted by Crippen LogP contribution is -2.51. The summed E-state index contributed by atoms with van der Waals surface area (Å²) in [7, 11) is 0. The van der Waals surface area contributed by atoms with E-state index in [9.17, 15) is 78.4 Å². The fourth-order valence-corrected chi connectivity index (χ4v) is 10.6. The first-order valence-electron chi connectivity index (χ1n) is 33.1. The minimum Gasteiger partial charge on any atom is -0.484 e. The Morgan fingerprint density at radius 1 is 0.573 bits per heavy atom. The number of ether oxygens (including phenoxy) is 4. The van der Waals surface area contributed by atoms with Crippen molar-refractivity contribution in [1.82, 2.24) is 61.4 Å². The van der Waals surface area contributed by atoms with E-state index in [1.807, 2.05) is 0 Å². The number of carboxylic acids is 4. The van der Waals surface area contributed by atoms with E-state index < -0.39 is 65.6 Å². The lowest BCUT2D eigenvalue weighted by molar-refractivity contribution is -0.142. The van der Waals surface area contributed by atoms with Crippen molar-refractivity contribution in [1.29, 1.82) is 5.26 Å². The third-order valence-corrected chi connectivity index (χ3v) is 15.9. The number of amides is 7. The van der Waals surface area contributed by atoms with Crippen LogP contribution < -0.4 is 36.6 Å². The average Bonchev–Trinajstić information content (AvgIpc) is 0.951. The molecule has 7 amide bonds. The molecule has 0 radical (unpaired) electrons. The summed E-state index contributed by atoms with van der Waals surface area (Å²) in [6, 6.07) is 5.53. The van der Waals surface area contributed by atoms with Gasteiger partial charge in [0.05, 0.1) is 89.5 Å². The molecule has 2 aromatic rings. The molecular weight excluding hydrogens is 1250 g/mol. The average molecular weight is 1350 g/mol. The van der Waals surface area contributed by atoms with Gasteiger partial charge in [0.25, 0.3) is 11.8 Å². The Morgan fingerprint density at radius 3 is 1.71 bits per heavy atom. The summed E-state index contributed by atoms with van der Waals surface area (Å²) in [5, 5.41) is 64.8. The molecule has 0 spiro atoms. The zero-order valence-electron chi connectivity index (χ0n) is 55.2. The minimum absolute atomic E-state index is 0.0344. The molecule has 1 aromatic heterocycles. The van der Waals surface area contributed by atoms with Gasteiger partial charge in [0, 0.05) is 109 Å². The number of nitriles is 1. The standard InChI is InChI=1S/C64H99N13O19/c1-2-3-4-5-6-15-54(78)67-20-10-8-14-52(64(91)92)72-63(90)51(13-7-9-21-68-56(80)42-73-25-27-74(43-59(83)84)29-31-76(45-61(87)88)32-30-75(28-26-73)44-60(85)86)71-55(79)19-33-93-35-37-95-38-36-94-34-23-69-57(81)46-96-48-16-17-49-50(18-22-66-53(49)39-48)62(89)70-41-58(82)77-24-11-12-47(77)40-65/h16-18,22,39,47,51-52H,2-15,19-21,23-38,41-46H2,1H3,(H,67,78)(H,68,80)(H,69,81)(H,70,89)(H,71,79)(H,72,90)(H,83,84)(H,85,86)(H,87,88)(H,91,92)/t47-,51-,52-/m0/s1. The molecule has 0 bridgehead atoms. The maximum atomic E-state index is 13.7. The molecule has 534 valence electrons. The van der Waals surface area contributed by atoms with Crippen LogP contribution in [0, 0.1) is 11.3 Å². The summed E-state index contributed by atoms with van der Waals surface area (Å²) in [4.78, 5) is 151. The van der Waals surface area contributed by atoms with Crippen molar-refractivity contribution < 1.29 is 92.1 Å². The van der Waals surface area contributed by atoms with Gasteiger partial charge in [-0.25, -0.2) is 4.79 Å². The summed E-state index contributed by atoms with van der Waals surface area (Å²) in [6.45, 7) is 4.35. The molecule has 2 saturated heterocycles. The van der Waals surface area contributed by atoms with Crippen molar-refractivity contribution in [3.05, 3.63) is 36.0 Å². The van der Waals surface area contributed by atoms with Crippen molar-refractivity contribution in [2.45, 2.75) is 121 Å². The van der Waals surface area contributed by atoms with Crippen LogP contribution in [0.1, 0.15) is 114 Å². The molecule has 2 aliphatic rings. The van der Waals surface area contributed by atoms with Crippen LogP contribution in [0.4, 0.5) is 0 Å². The number of fused-ring (bicyclic) bond motifs is 1. The molecule has 2 fully saturated rings. The van der Waals surface area contributed by atoms with Crippen molar-refractivity contribution in [2.75, 3.05) is 158 Å². The number of aromatic nitrogens is 1. The maximum absolute atomic E-state index is 13.7. The van der Waals surface area contributed by atoms with E-state index in [2.05, 4.69) is 49.9 Å². The number of unbranched alkanes of at least 4 members (excludes halogenated alkanes) is 6. The minimum atomic E-state index is -1.28. The van der Waals surface area contributed by atoms with Gasteiger partial charge in [-0.1, -0.05) is 32.6 Å². The molecule has 32 heteroatoms. The number of benzene rings is 1. The number of carbonyl (C=O) groups excluding carboxylic acids is 7. The fraction of sp³-hybridized carbons (Fsp3) is 0.672. The van der Waals surface area contributed by atoms with Crippen LogP contribution in [0.3, 0.4) is 0 Å². The highest BCUT2D eigenvalue weighted by molar-refractivity contribution is 6.07. The molecule has 32 nitrogen and oxygen atoms in total. The van der Waals surface area contributed by atoms with Crippen LogP contribution in [0.15, 0.2) is 30.5 Å². The number of carbonyl (C=O) groups is 11. The number of aliphatic carboxylic acids is 4. The quantitative estimate of drug-likeness (QED) is 0.0386. The number of carboxylic acid groups (broad SMARTS) is 4. The SMILES string of the molecule is CCCCCCCC(=O)NCCCC[C@H](NC(=O)[C@H](CCCCNC(=O)CN1CCN(CC(=O)O)CCN(CC(=O)O)CCN(CC(=O)O)CC1)NC(=O)CCOCCOCCOCCNC(=O)COc1ccc2c(C(=O)NCC(=O)N3CCC[C@H]3C#N)ccnc2c1)C(=O)O.